The van der Waals surface area contributed by atoms with E-state index in [1.807, 2.05) is 0 Å². The lowest BCUT2D eigenvalue weighted by Crippen LogP contribution is -2.65. The number of phenolic OH excluding ortho intramolecular Hbond substituents is 5. The molecule has 1 aromatic heterocycles. The number of benzene rings is 3. The number of hydrogen-bond donors (Lipinski definition) is 12. The van der Waals surface area contributed by atoms with Crippen molar-refractivity contribution in [3.63, 3.8) is 0 Å². The van der Waals surface area contributed by atoms with Crippen LogP contribution >= 0.6 is 0 Å². The molecular weight excluding hydrogens is 912 g/mol. The van der Waals surface area contributed by atoms with Crippen molar-refractivity contribution >= 4 is 23.0 Å². The molecule has 3 aromatic carbocycles. The van der Waals surface area contributed by atoms with Crippen LogP contribution in [0, 0.1) is 0 Å². The number of esters is 1. The first-order chi connectivity index (χ1) is 32.2. The van der Waals surface area contributed by atoms with E-state index in [-0.39, 0.29) is 28.4 Å². The van der Waals surface area contributed by atoms with Crippen molar-refractivity contribution in [2.75, 3.05) is 20.8 Å². The second kappa shape index (κ2) is 20.3. The normalized spacial score (nSPS) is 32.0. The summed E-state index contributed by atoms with van der Waals surface area (Å²) in [6, 6.07) is 7.80. The Morgan fingerprint density at radius 1 is 0.676 bits per heavy atom. The summed E-state index contributed by atoms with van der Waals surface area (Å²) >= 11 is 0. The van der Waals surface area contributed by atoms with E-state index in [1.165, 1.54) is 52.3 Å². The molecule has 3 fully saturated rings. The Bertz CT molecular complexity index is 2520. The molecule has 24 heteroatoms. The monoisotopic (exact) mass is 962 g/mol. The number of ether oxygens (including phenoxy) is 9. The van der Waals surface area contributed by atoms with Crippen LogP contribution < -0.4 is 19.6 Å². The summed E-state index contributed by atoms with van der Waals surface area (Å²) < 4.78 is 56.6. The number of aromatic hydroxyl groups is 5. The van der Waals surface area contributed by atoms with Crippen molar-refractivity contribution < 1.29 is 113 Å². The zero-order chi connectivity index (χ0) is 49.5. The molecule has 0 spiro atoms. The third-order valence-corrected chi connectivity index (χ3v) is 11.5. The zero-order valence-corrected chi connectivity index (χ0v) is 36.3. The summed E-state index contributed by atoms with van der Waals surface area (Å²) in [5.41, 5.74) is -1.31. The highest BCUT2D eigenvalue weighted by Gasteiger charge is 2.53. The number of fused-ring (bicyclic) bond motifs is 1. The van der Waals surface area contributed by atoms with Crippen LogP contribution in [0.1, 0.15) is 19.4 Å². The molecule has 68 heavy (non-hydrogen) atoms. The van der Waals surface area contributed by atoms with Crippen LogP contribution in [-0.2, 0) is 33.2 Å². The van der Waals surface area contributed by atoms with Gasteiger partial charge in [0, 0.05) is 23.8 Å². The van der Waals surface area contributed by atoms with Crippen LogP contribution in [-0.4, -0.2) is 180 Å². The van der Waals surface area contributed by atoms with Crippen LogP contribution in [0.25, 0.3) is 28.4 Å². The number of aliphatic hydroxyl groups excluding tert-OH is 7. The van der Waals surface area contributed by atoms with E-state index in [2.05, 4.69) is 0 Å². The van der Waals surface area contributed by atoms with Gasteiger partial charge in [-0.05, 0) is 55.8 Å². The van der Waals surface area contributed by atoms with Crippen LogP contribution in [0.5, 0.6) is 46.0 Å². The van der Waals surface area contributed by atoms with E-state index in [0.29, 0.717) is 5.56 Å². The van der Waals surface area contributed by atoms with Crippen molar-refractivity contribution in [2.24, 2.45) is 0 Å². The molecule has 15 atom stereocenters. The van der Waals surface area contributed by atoms with Gasteiger partial charge < -0.3 is 108 Å². The lowest BCUT2D eigenvalue weighted by atomic mass is 9.97. The summed E-state index contributed by atoms with van der Waals surface area (Å²) in [5.74, 6) is -5.10. The van der Waals surface area contributed by atoms with Crippen molar-refractivity contribution in [3.8, 4) is 57.3 Å². The SMILES string of the molecule is COc1cc(/C=C/C(=O)O[C@@H]2[C@@H](O)[C@@H](O)[C@H](O[C@H]3[C@H](Oc4c(-c5ccc(O)c(O)c5)oc5cc(O)cc(O)c5c4=O)O[C@H](CO[C@@H]4O[C@@H](C)[C@H](O)[C@@H](O)[C@H]4O)[C@@H](O)[C@@H]3O)O[C@H]2C)cc(OC)c1O. The number of rotatable bonds is 13. The molecule has 370 valence electrons. The molecule has 3 aliphatic rings. The van der Waals surface area contributed by atoms with E-state index < -0.39 is 150 Å². The smallest absolute Gasteiger partial charge is 0.331 e. The van der Waals surface area contributed by atoms with Crippen molar-refractivity contribution in [3.05, 3.63) is 64.3 Å². The molecule has 0 bridgehead atoms. The van der Waals surface area contributed by atoms with Gasteiger partial charge in [-0.2, -0.15) is 0 Å². The van der Waals surface area contributed by atoms with Gasteiger partial charge in [0.05, 0.1) is 33.0 Å². The summed E-state index contributed by atoms with van der Waals surface area (Å²) in [7, 11) is 2.62. The number of carbonyl (C=O) groups excluding carboxylic acids is 1. The van der Waals surface area contributed by atoms with Gasteiger partial charge in [-0.1, -0.05) is 0 Å². The molecule has 24 nitrogen and oxygen atoms in total. The fraction of sp³-hybridized carbons (Fsp3) is 0.455. The van der Waals surface area contributed by atoms with Crippen molar-refractivity contribution in [2.45, 2.75) is 106 Å². The molecule has 0 amide bonds. The summed E-state index contributed by atoms with van der Waals surface area (Å²) in [4.78, 5) is 27.3. The Balaban J connectivity index is 1.18. The highest BCUT2D eigenvalue weighted by molar-refractivity contribution is 5.89. The maximum absolute atomic E-state index is 14.3. The molecule has 3 aliphatic heterocycles. The van der Waals surface area contributed by atoms with Crippen LogP contribution in [0.4, 0.5) is 0 Å². The van der Waals surface area contributed by atoms with Crippen LogP contribution in [0.2, 0.25) is 0 Å². The predicted molar refractivity (Wildman–Crippen MR) is 226 cm³/mol. The number of phenols is 5. The molecule has 0 aliphatic carbocycles. The molecule has 0 saturated carbocycles. The standard InChI is InChI=1S/C44H50O24/c1-15-29(50)33(54)36(57)42(62-15)61-14-26-31(52)34(55)41(44(65-26)67-40-32(53)28-22(48)12-19(45)13-23(28)64-39(40)18-6-7-20(46)21(47)11-18)68-43-37(58)35(56)38(16(2)63-43)66-27(49)8-5-17-9-24(59-3)30(51)25(10-17)60-4/h5-13,15-16,26,29,31,33-38,41-48,50-52,54-58H,14H2,1-4H3/b8-5+/t15-,16-,26+,29-,31+,33+,34-,35-,36+,37+,38-,41+,42+,43-,44-/m0/s1. The van der Waals surface area contributed by atoms with Gasteiger partial charge in [-0.15, -0.1) is 0 Å². The van der Waals surface area contributed by atoms with Gasteiger partial charge in [-0.25, -0.2) is 4.79 Å². The molecule has 3 saturated heterocycles. The van der Waals surface area contributed by atoms with Gasteiger partial charge in [0.2, 0.25) is 23.2 Å². The second-order valence-corrected chi connectivity index (χ2v) is 16.1. The van der Waals surface area contributed by atoms with Gasteiger partial charge in [0.1, 0.15) is 71.3 Å². The van der Waals surface area contributed by atoms with E-state index in [4.69, 9.17) is 47.0 Å². The third-order valence-electron chi connectivity index (χ3n) is 11.5. The van der Waals surface area contributed by atoms with Crippen LogP contribution in [0.3, 0.4) is 0 Å². The number of methoxy groups -OCH3 is 2. The van der Waals surface area contributed by atoms with Crippen LogP contribution in [0.15, 0.2) is 57.8 Å². The lowest BCUT2D eigenvalue weighted by molar-refractivity contribution is -0.360. The van der Waals surface area contributed by atoms with Gasteiger partial charge in [-0.3, -0.25) is 4.79 Å². The lowest BCUT2D eigenvalue weighted by Gasteiger charge is -2.46. The Hall–Kier alpha value is -6.00. The van der Waals surface area contributed by atoms with Crippen molar-refractivity contribution in [1.82, 2.24) is 0 Å². The van der Waals surface area contributed by atoms with E-state index in [9.17, 15) is 70.9 Å². The minimum Gasteiger partial charge on any atom is -0.508 e. The maximum Gasteiger partial charge on any atom is 0.331 e. The highest BCUT2D eigenvalue weighted by Crippen LogP contribution is 2.41. The molecule has 4 heterocycles. The Labute approximate surface area is 384 Å². The molecule has 0 unspecified atom stereocenters. The Morgan fingerprint density at radius 3 is 1.99 bits per heavy atom. The first-order valence-corrected chi connectivity index (χ1v) is 20.8. The van der Waals surface area contributed by atoms with E-state index in [1.54, 1.807) is 0 Å². The second-order valence-electron chi connectivity index (χ2n) is 16.1. The third kappa shape index (κ3) is 9.93. The number of hydrogen-bond acceptors (Lipinski definition) is 24. The summed E-state index contributed by atoms with van der Waals surface area (Å²) in [6.07, 6.45) is -24.1. The first kappa shape index (κ1) is 49.9. The molecular formula is C44H50O24. The number of carbonyl (C=O) groups is 1. The Kier molecular flexibility index (Phi) is 14.9. The Morgan fingerprint density at radius 2 is 1.32 bits per heavy atom. The molecule has 12 N–H and O–H groups in total. The number of aliphatic hydroxyl groups is 7. The molecule has 0 radical (unpaired) electrons. The minimum absolute atomic E-state index is 0.0406. The largest absolute Gasteiger partial charge is 0.508 e. The molecule has 7 rings (SSSR count). The maximum atomic E-state index is 14.3. The quantitative estimate of drug-likeness (QED) is 0.0441. The van der Waals surface area contributed by atoms with E-state index >= 15 is 0 Å². The average Bonchev–Trinajstić information content (AvgIpc) is 3.30. The van der Waals surface area contributed by atoms with Gasteiger partial charge >= 0.3 is 5.97 Å². The van der Waals surface area contributed by atoms with Gasteiger partial charge in [0.25, 0.3) is 0 Å². The minimum atomic E-state index is -2.13. The topological polar surface area (TPSA) is 373 Å². The average molecular weight is 963 g/mol. The summed E-state index contributed by atoms with van der Waals surface area (Å²) in [5, 5.41) is 128. The highest BCUT2D eigenvalue weighted by atomic mass is 16.8. The first-order valence-electron chi connectivity index (χ1n) is 20.8. The predicted octanol–water partition coefficient (Wildman–Crippen LogP) is -0.848. The zero-order valence-electron chi connectivity index (χ0n) is 36.3. The molecule has 4 aromatic rings. The van der Waals surface area contributed by atoms with E-state index in [0.717, 1.165) is 30.3 Å². The fourth-order valence-electron chi connectivity index (χ4n) is 7.75. The summed E-state index contributed by atoms with van der Waals surface area (Å²) in [6.45, 7) is 1.98. The van der Waals surface area contributed by atoms with Crippen molar-refractivity contribution in [1.29, 1.82) is 0 Å². The van der Waals surface area contributed by atoms with Gasteiger partial charge in [0.15, 0.2) is 53.5 Å². The fourth-order valence-corrected chi connectivity index (χ4v) is 7.75.